The second-order valence-corrected chi connectivity index (χ2v) is 2.32. The normalized spacial score (nSPS) is 24.6. The minimum absolute atomic E-state index is 0.159. The van der Waals surface area contributed by atoms with E-state index in [2.05, 4.69) is 21.0 Å². The van der Waals surface area contributed by atoms with Crippen LogP contribution in [0.25, 0.3) is 0 Å². The van der Waals surface area contributed by atoms with Gasteiger partial charge in [0, 0.05) is 0 Å². The quantitative estimate of drug-likeness (QED) is 0.631. The third kappa shape index (κ3) is 1.64. The maximum atomic E-state index is 6.64. The first-order chi connectivity index (χ1) is 4.33. The summed E-state index contributed by atoms with van der Waals surface area (Å²) in [5.74, 6) is 0. The molecule has 9 heavy (non-hydrogen) atoms. The third-order valence-corrected chi connectivity index (χ3v) is 1.36. The van der Waals surface area contributed by atoms with Gasteiger partial charge >= 0.3 is 0 Å². The summed E-state index contributed by atoms with van der Waals surface area (Å²) in [5, 5.41) is 3.27. The van der Waals surface area contributed by atoms with E-state index in [1.54, 1.807) is 12.2 Å². The molecule has 4 heteroatoms. The lowest BCUT2D eigenvalue weighted by molar-refractivity contribution is 0.378. The Morgan fingerprint density at radius 1 is 1.78 bits per heavy atom. The average molecular weight is 189 g/mol. The van der Waals surface area contributed by atoms with Gasteiger partial charge in [-0.3, -0.25) is 0 Å². The van der Waals surface area contributed by atoms with E-state index in [0.29, 0.717) is 4.67 Å². The van der Waals surface area contributed by atoms with Crippen LogP contribution in [0, 0.1) is 5.53 Å². The maximum Gasteiger partial charge on any atom is 0.167 e. The molecule has 0 spiro atoms. The van der Waals surface area contributed by atoms with Gasteiger partial charge in [-0.05, 0) is 28.1 Å². The van der Waals surface area contributed by atoms with E-state index in [-0.39, 0.29) is 6.04 Å². The van der Waals surface area contributed by atoms with Gasteiger partial charge in [0.15, 0.2) is 4.67 Å². The molecule has 48 valence electrons. The second-order valence-electron chi connectivity index (χ2n) is 1.54. The topological polar surface area (TPSA) is 45.4 Å². The van der Waals surface area contributed by atoms with E-state index < -0.39 is 0 Å². The van der Waals surface area contributed by atoms with E-state index in [1.165, 1.54) is 6.26 Å². The van der Waals surface area contributed by atoms with Crippen molar-refractivity contribution in [2.45, 2.75) is 6.04 Å². The lowest BCUT2D eigenvalue weighted by Crippen LogP contribution is -1.98. The fourth-order valence-electron chi connectivity index (χ4n) is 0.494. The highest BCUT2D eigenvalue weighted by molar-refractivity contribution is 9.11. The molecule has 0 aromatic rings. The fourth-order valence-corrected chi connectivity index (χ4v) is 0.873. The zero-order valence-corrected chi connectivity index (χ0v) is 6.13. The highest BCUT2D eigenvalue weighted by Gasteiger charge is 2.04. The monoisotopic (exact) mass is 188 g/mol. The van der Waals surface area contributed by atoms with E-state index in [0.717, 1.165) is 0 Å². The Bertz CT molecular complexity index is 176. The van der Waals surface area contributed by atoms with E-state index in [1.807, 2.05) is 0 Å². The van der Waals surface area contributed by atoms with Crippen molar-refractivity contribution in [2.24, 2.45) is 5.11 Å². The molecule has 3 nitrogen and oxygen atoms in total. The summed E-state index contributed by atoms with van der Waals surface area (Å²) in [4.78, 5) is 0. The smallest absolute Gasteiger partial charge is 0.167 e. The van der Waals surface area contributed by atoms with Gasteiger partial charge in [-0.1, -0.05) is 0 Å². The van der Waals surface area contributed by atoms with Crippen molar-refractivity contribution in [3.63, 3.8) is 0 Å². The summed E-state index contributed by atoms with van der Waals surface area (Å²) >= 11 is 3.11. The van der Waals surface area contributed by atoms with Gasteiger partial charge in [0.2, 0.25) is 0 Å². The number of nitrogens with one attached hydrogen (secondary N) is 1. The van der Waals surface area contributed by atoms with Crippen LogP contribution < -0.4 is 0 Å². The summed E-state index contributed by atoms with van der Waals surface area (Å²) in [6.45, 7) is 0. The molecule has 0 radical (unpaired) electrons. The standard InChI is InChI=1S/C5H5BrN2O/c6-5-3-4(8-7)1-2-9-5/h1-4,7H. The van der Waals surface area contributed by atoms with Gasteiger partial charge in [0.1, 0.15) is 6.04 Å². The Hall–Kier alpha value is -0.640. The van der Waals surface area contributed by atoms with Crippen LogP contribution in [0.1, 0.15) is 0 Å². The van der Waals surface area contributed by atoms with E-state index in [9.17, 15) is 0 Å². The van der Waals surface area contributed by atoms with Crippen LogP contribution in [-0.2, 0) is 4.74 Å². The van der Waals surface area contributed by atoms with Crippen molar-refractivity contribution in [1.29, 1.82) is 5.53 Å². The summed E-state index contributed by atoms with van der Waals surface area (Å²) in [6, 6.07) is -0.159. The number of rotatable bonds is 1. The number of nitrogens with zero attached hydrogens (tertiary/aromatic N) is 1. The van der Waals surface area contributed by atoms with Gasteiger partial charge in [0.25, 0.3) is 0 Å². The van der Waals surface area contributed by atoms with Crippen LogP contribution in [0.15, 0.2) is 28.2 Å². The van der Waals surface area contributed by atoms with Crippen molar-refractivity contribution >= 4 is 15.9 Å². The zero-order valence-electron chi connectivity index (χ0n) is 4.54. The van der Waals surface area contributed by atoms with Crippen molar-refractivity contribution in [3.8, 4) is 0 Å². The first-order valence-electron chi connectivity index (χ1n) is 2.40. The molecule has 1 unspecified atom stereocenters. The van der Waals surface area contributed by atoms with Crippen molar-refractivity contribution < 1.29 is 4.74 Å². The Labute approximate surface area is 61.0 Å². The summed E-state index contributed by atoms with van der Waals surface area (Å²) < 4.78 is 5.48. The molecule has 0 saturated carbocycles. The van der Waals surface area contributed by atoms with Crippen LogP contribution in [0.4, 0.5) is 0 Å². The lowest BCUT2D eigenvalue weighted by Gasteiger charge is -2.06. The molecule has 0 aliphatic carbocycles. The van der Waals surface area contributed by atoms with Crippen molar-refractivity contribution in [3.05, 3.63) is 23.1 Å². The Kier molecular flexibility index (Phi) is 2.00. The Morgan fingerprint density at radius 3 is 3.00 bits per heavy atom. The largest absolute Gasteiger partial charge is 0.458 e. The average Bonchev–Trinajstić information content (AvgIpc) is 1.88. The van der Waals surface area contributed by atoms with Gasteiger partial charge in [-0.15, -0.1) is 0 Å². The Morgan fingerprint density at radius 2 is 2.56 bits per heavy atom. The Balaban J connectivity index is 2.65. The third-order valence-electron chi connectivity index (χ3n) is 0.907. The number of hydrogen-bond acceptors (Lipinski definition) is 3. The predicted molar refractivity (Wildman–Crippen MR) is 36.2 cm³/mol. The minimum Gasteiger partial charge on any atom is -0.458 e. The molecule has 1 heterocycles. The molecule has 1 rings (SSSR count). The van der Waals surface area contributed by atoms with Crippen LogP contribution in [0.5, 0.6) is 0 Å². The summed E-state index contributed by atoms with van der Waals surface area (Å²) in [7, 11) is 0. The minimum atomic E-state index is -0.159. The molecule has 1 aliphatic heterocycles. The first-order valence-corrected chi connectivity index (χ1v) is 3.19. The van der Waals surface area contributed by atoms with Gasteiger partial charge in [-0.2, -0.15) is 5.11 Å². The lowest BCUT2D eigenvalue weighted by atomic mass is 10.3. The molecule has 0 aromatic carbocycles. The molecular weight excluding hydrogens is 184 g/mol. The molecule has 0 aromatic heterocycles. The van der Waals surface area contributed by atoms with Crippen LogP contribution in [0.3, 0.4) is 0 Å². The fraction of sp³-hybridized carbons (Fsp3) is 0.200. The highest BCUT2D eigenvalue weighted by atomic mass is 79.9. The maximum absolute atomic E-state index is 6.64. The SMILES string of the molecule is N=NC1C=COC(Br)=C1. The summed E-state index contributed by atoms with van der Waals surface area (Å²) in [5.41, 5.74) is 6.64. The molecule has 1 N–H and O–H groups in total. The van der Waals surface area contributed by atoms with E-state index >= 15 is 0 Å². The van der Waals surface area contributed by atoms with Gasteiger partial charge in [-0.25, -0.2) is 5.53 Å². The molecular formula is C5H5BrN2O. The predicted octanol–water partition coefficient (Wildman–Crippen LogP) is 2.17. The van der Waals surface area contributed by atoms with Gasteiger partial charge in [0.05, 0.1) is 6.26 Å². The molecule has 0 bridgehead atoms. The summed E-state index contributed by atoms with van der Waals surface area (Å²) in [6.07, 6.45) is 4.90. The number of ether oxygens (including phenoxy) is 1. The molecule has 1 atom stereocenters. The molecule has 0 amide bonds. The second kappa shape index (κ2) is 2.77. The highest BCUT2D eigenvalue weighted by Crippen LogP contribution is 2.15. The zero-order chi connectivity index (χ0) is 6.69. The van der Waals surface area contributed by atoms with Crippen LogP contribution >= 0.6 is 15.9 Å². The first kappa shape index (κ1) is 6.48. The number of halogens is 1. The van der Waals surface area contributed by atoms with E-state index in [4.69, 9.17) is 10.3 Å². The van der Waals surface area contributed by atoms with Crippen molar-refractivity contribution in [1.82, 2.24) is 0 Å². The number of hydrogen-bond donors (Lipinski definition) is 1. The van der Waals surface area contributed by atoms with Crippen molar-refractivity contribution in [2.75, 3.05) is 0 Å². The molecule has 1 aliphatic rings. The molecule has 0 saturated heterocycles. The van der Waals surface area contributed by atoms with Gasteiger partial charge < -0.3 is 4.74 Å². The van der Waals surface area contributed by atoms with Crippen LogP contribution in [-0.4, -0.2) is 6.04 Å². The van der Waals surface area contributed by atoms with Crippen LogP contribution in [0.2, 0.25) is 0 Å². The molecule has 0 fully saturated rings.